The highest BCUT2D eigenvalue weighted by molar-refractivity contribution is 9.10. The first-order valence-corrected chi connectivity index (χ1v) is 6.01. The maximum atomic E-state index is 5.36. The number of benzene rings is 1. The lowest BCUT2D eigenvalue weighted by atomic mass is 10.2. The first-order chi connectivity index (χ1) is 7.83. The van der Waals surface area contributed by atoms with E-state index in [9.17, 15) is 0 Å². The van der Waals surface area contributed by atoms with Gasteiger partial charge in [-0.1, -0.05) is 0 Å². The number of hydrogen-bond donors (Lipinski definition) is 1. The molecule has 0 aliphatic carbocycles. The Balaban J connectivity index is 1.72. The zero-order valence-corrected chi connectivity index (χ0v) is 10.2. The molecule has 2 heterocycles. The number of fused-ring (bicyclic) bond motifs is 1. The van der Waals surface area contributed by atoms with Gasteiger partial charge in [0.1, 0.15) is 0 Å². The fourth-order valence-electron chi connectivity index (χ4n) is 1.74. The standard InChI is InChI=1S/C11H12BrNO3/c12-9-1-7(3-13-8-4-14-5-8)2-10-11(9)16-6-15-10/h1-2,8,13H,3-6H2. The fourth-order valence-corrected chi connectivity index (χ4v) is 2.34. The van der Waals surface area contributed by atoms with Crippen molar-refractivity contribution in [1.82, 2.24) is 5.32 Å². The van der Waals surface area contributed by atoms with Gasteiger partial charge in [0.2, 0.25) is 6.79 Å². The molecule has 0 atom stereocenters. The molecular weight excluding hydrogens is 274 g/mol. The lowest BCUT2D eigenvalue weighted by Gasteiger charge is -2.27. The molecule has 1 aromatic rings. The van der Waals surface area contributed by atoms with Crippen molar-refractivity contribution in [1.29, 1.82) is 0 Å². The third-order valence-corrected chi connectivity index (χ3v) is 3.31. The predicted molar refractivity (Wildman–Crippen MR) is 61.7 cm³/mol. The summed E-state index contributed by atoms with van der Waals surface area (Å²) in [5.74, 6) is 1.62. The quantitative estimate of drug-likeness (QED) is 0.917. The molecule has 1 fully saturated rings. The Hall–Kier alpha value is -0.780. The van der Waals surface area contributed by atoms with Crippen LogP contribution in [0.15, 0.2) is 16.6 Å². The van der Waals surface area contributed by atoms with Crippen molar-refractivity contribution in [2.75, 3.05) is 20.0 Å². The van der Waals surface area contributed by atoms with Crippen LogP contribution in [0.4, 0.5) is 0 Å². The molecule has 86 valence electrons. The van der Waals surface area contributed by atoms with Crippen molar-refractivity contribution >= 4 is 15.9 Å². The highest BCUT2D eigenvalue weighted by atomic mass is 79.9. The third-order valence-electron chi connectivity index (χ3n) is 2.72. The van der Waals surface area contributed by atoms with E-state index < -0.39 is 0 Å². The predicted octanol–water partition coefficient (Wildman–Crippen LogP) is 1.67. The van der Waals surface area contributed by atoms with Gasteiger partial charge in [-0.25, -0.2) is 0 Å². The van der Waals surface area contributed by atoms with Crippen molar-refractivity contribution in [2.45, 2.75) is 12.6 Å². The molecule has 16 heavy (non-hydrogen) atoms. The molecule has 5 heteroatoms. The van der Waals surface area contributed by atoms with Crippen molar-refractivity contribution < 1.29 is 14.2 Å². The number of halogens is 1. The summed E-state index contributed by atoms with van der Waals surface area (Å²) in [6.45, 7) is 2.75. The molecule has 0 bridgehead atoms. The Morgan fingerprint density at radius 2 is 2.19 bits per heavy atom. The van der Waals surface area contributed by atoms with E-state index in [-0.39, 0.29) is 0 Å². The maximum absolute atomic E-state index is 5.36. The number of ether oxygens (including phenoxy) is 3. The molecule has 0 spiro atoms. The van der Waals surface area contributed by atoms with Crippen LogP contribution >= 0.6 is 15.9 Å². The molecule has 4 nitrogen and oxygen atoms in total. The summed E-state index contributed by atoms with van der Waals surface area (Å²) in [5, 5.41) is 3.41. The van der Waals surface area contributed by atoms with Crippen LogP contribution in [-0.2, 0) is 11.3 Å². The van der Waals surface area contributed by atoms with E-state index in [0.29, 0.717) is 12.8 Å². The molecule has 1 aromatic carbocycles. The van der Waals surface area contributed by atoms with E-state index in [1.165, 1.54) is 5.56 Å². The monoisotopic (exact) mass is 285 g/mol. The lowest BCUT2D eigenvalue weighted by Crippen LogP contribution is -2.45. The Bertz CT molecular complexity index is 406. The summed E-state index contributed by atoms with van der Waals surface area (Å²) >= 11 is 3.48. The Kier molecular flexibility index (Phi) is 2.75. The van der Waals surface area contributed by atoms with Crippen molar-refractivity contribution in [3.05, 3.63) is 22.2 Å². The van der Waals surface area contributed by atoms with Crippen molar-refractivity contribution in [3.63, 3.8) is 0 Å². The van der Waals surface area contributed by atoms with E-state index in [0.717, 1.165) is 35.7 Å². The van der Waals surface area contributed by atoms with Crippen LogP contribution in [-0.4, -0.2) is 26.0 Å². The Morgan fingerprint density at radius 3 is 2.94 bits per heavy atom. The second-order valence-electron chi connectivity index (χ2n) is 3.93. The van der Waals surface area contributed by atoms with Crippen LogP contribution in [0.3, 0.4) is 0 Å². The van der Waals surface area contributed by atoms with Crippen molar-refractivity contribution in [3.8, 4) is 11.5 Å². The fraction of sp³-hybridized carbons (Fsp3) is 0.455. The summed E-state index contributed by atoms with van der Waals surface area (Å²) in [5.41, 5.74) is 1.18. The molecule has 0 saturated carbocycles. The van der Waals surface area contributed by atoms with Gasteiger partial charge in [-0.3, -0.25) is 0 Å². The van der Waals surface area contributed by atoms with Crippen LogP contribution in [0.5, 0.6) is 11.5 Å². The number of hydrogen-bond acceptors (Lipinski definition) is 4. The first kappa shape index (κ1) is 10.4. The second-order valence-corrected chi connectivity index (χ2v) is 4.78. The number of rotatable bonds is 3. The molecule has 0 unspecified atom stereocenters. The zero-order valence-electron chi connectivity index (χ0n) is 8.66. The van der Waals surface area contributed by atoms with E-state index in [4.69, 9.17) is 14.2 Å². The minimum atomic E-state index is 0.307. The summed E-state index contributed by atoms with van der Waals surface area (Å²) in [6, 6.07) is 4.56. The van der Waals surface area contributed by atoms with Crippen molar-refractivity contribution in [2.24, 2.45) is 0 Å². The third kappa shape index (κ3) is 1.90. The van der Waals surface area contributed by atoms with Gasteiger partial charge in [0.15, 0.2) is 11.5 Å². The normalized spacial score (nSPS) is 18.6. The Labute approximate surface area is 102 Å². The summed E-state index contributed by atoms with van der Waals surface area (Å²) in [6.07, 6.45) is 0. The van der Waals surface area contributed by atoms with E-state index in [1.807, 2.05) is 6.07 Å². The van der Waals surface area contributed by atoms with Crippen LogP contribution in [0.1, 0.15) is 5.56 Å². The molecule has 3 rings (SSSR count). The second kappa shape index (κ2) is 4.24. The van der Waals surface area contributed by atoms with Gasteiger partial charge in [-0.15, -0.1) is 0 Å². The molecular formula is C11H12BrNO3. The van der Waals surface area contributed by atoms with Gasteiger partial charge in [0, 0.05) is 6.54 Å². The smallest absolute Gasteiger partial charge is 0.231 e. The molecule has 1 saturated heterocycles. The minimum absolute atomic E-state index is 0.307. The first-order valence-electron chi connectivity index (χ1n) is 5.22. The van der Waals surface area contributed by atoms with Crippen LogP contribution in [0.25, 0.3) is 0 Å². The molecule has 0 radical (unpaired) electrons. The SMILES string of the molecule is Brc1cc(CNC2COC2)cc2c1OCO2. The molecule has 0 amide bonds. The van der Waals surface area contributed by atoms with E-state index in [1.54, 1.807) is 0 Å². The van der Waals surface area contributed by atoms with Crippen LogP contribution in [0.2, 0.25) is 0 Å². The highest BCUT2D eigenvalue weighted by Crippen LogP contribution is 2.39. The van der Waals surface area contributed by atoms with E-state index >= 15 is 0 Å². The van der Waals surface area contributed by atoms with Gasteiger partial charge in [0.05, 0.1) is 23.7 Å². The highest BCUT2D eigenvalue weighted by Gasteiger charge is 2.20. The summed E-state index contributed by atoms with van der Waals surface area (Å²) in [4.78, 5) is 0. The molecule has 0 aromatic heterocycles. The van der Waals surface area contributed by atoms with Gasteiger partial charge in [0.25, 0.3) is 0 Å². The zero-order chi connectivity index (χ0) is 11.0. The van der Waals surface area contributed by atoms with E-state index in [2.05, 4.69) is 27.3 Å². The summed E-state index contributed by atoms with van der Waals surface area (Å²) in [7, 11) is 0. The van der Waals surface area contributed by atoms with Gasteiger partial charge < -0.3 is 19.5 Å². The number of nitrogens with one attached hydrogen (secondary N) is 1. The molecule has 2 aliphatic rings. The lowest BCUT2D eigenvalue weighted by molar-refractivity contribution is -0.00578. The minimum Gasteiger partial charge on any atom is -0.454 e. The van der Waals surface area contributed by atoms with Crippen LogP contribution in [0, 0.1) is 0 Å². The average molecular weight is 286 g/mol. The van der Waals surface area contributed by atoms with Crippen LogP contribution < -0.4 is 14.8 Å². The Morgan fingerprint density at radius 1 is 1.31 bits per heavy atom. The summed E-state index contributed by atoms with van der Waals surface area (Å²) < 4.78 is 16.7. The van der Waals surface area contributed by atoms with Gasteiger partial charge in [-0.05, 0) is 33.6 Å². The maximum Gasteiger partial charge on any atom is 0.231 e. The van der Waals surface area contributed by atoms with Gasteiger partial charge >= 0.3 is 0 Å². The average Bonchev–Trinajstić information content (AvgIpc) is 2.63. The largest absolute Gasteiger partial charge is 0.454 e. The van der Waals surface area contributed by atoms with Gasteiger partial charge in [-0.2, -0.15) is 0 Å². The molecule has 1 N–H and O–H groups in total. The molecule has 2 aliphatic heterocycles. The topological polar surface area (TPSA) is 39.7 Å².